The van der Waals surface area contributed by atoms with Crippen molar-refractivity contribution in [3.63, 3.8) is 0 Å². The SMILES string of the molecule is CN(Cc1ccc2c(c1)OCO2)C(=O)CCNC(=O)c1ccc(F)cc1F. The third kappa shape index (κ3) is 4.52. The van der Waals surface area contributed by atoms with Crippen molar-refractivity contribution in [2.75, 3.05) is 20.4 Å². The number of fused-ring (bicyclic) bond motifs is 1. The first-order valence-electron chi connectivity index (χ1n) is 8.30. The molecule has 0 spiro atoms. The quantitative estimate of drug-likeness (QED) is 0.841. The van der Waals surface area contributed by atoms with Gasteiger partial charge < -0.3 is 19.7 Å². The van der Waals surface area contributed by atoms with Gasteiger partial charge in [-0.2, -0.15) is 0 Å². The number of carbonyl (C=O) groups excluding carboxylic acids is 2. The Balaban J connectivity index is 1.48. The number of rotatable bonds is 6. The number of ether oxygens (including phenoxy) is 2. The lowest BCUT2D eigenvalue weighted by Gasteiger charge is -2.17. The Hall–Kier alpha value is -3.16. The monoisotopic (exact) mass is 376 g/mol. The summed E-state index contributed by atoms with van der Waals surface area (Å²) >= 11 is 0. The van der Waals surface area contributed by atoms with E-state index in [-0.39, 0.29) is 31.2 Å². The fourth-order valence-corrected chi connectivity index (χ4v) is 2.64. The summed E-state index contributed by atoms with van der Waals surface area (Å²) in [6, 6.07) is 8.14. The minimum absolute atomic E-state index is 0.0416. The van der Waals surface area contributed by atoms with Crippen LogP contribution in [-0.2, 0) is 11.3 Å². The van der Waals surface area contributed by atoms with E-state index in [1.165, 1.54) is 4.90 Å². The van der Waals surface area contributed by atoms with Gasteiger partial charge in [-0.1, -0.05) is 6.07 Å². The van der Waals surface area contributed by atoms with E-state index in [2.05, 4.69) is 5.32 Å². The summed E-state index contributed by atoms with van der Waals surface area (Å²) in [6.45, 7) is 0.595. The Bertz CT molecular complexity index is 873. The van der Waals surface area contributed by atoms with Crippen LogP contribution in [0, 0.1) is 11.6 Å². The molecule has 2 aromatic carbocycles. The van der Waals surface area contributed by atoms with Crippen molar-refractivity contribution >= 4 is 11.8 Å². The molecule has 1 N–H and O–H groups in total. The van der Waals surface area contributed by atoms with E-state index in [1.54, 1.807) is 13.1 Å². The Morgan fingerprint density at radius 2 is 1.89 bits per heavy atom. The molecule has 0 saturated heterocycles. The third-order valence-corrected chi connectivity index (χ3v) is 4.08. The average Bonchev–Trinajstić information content (AvgIpc) is 3.09. The van der Waals surface area contributed by atoms with Gasteiger partial charge in [0.1, 0.15) is 11.6 Å². The molecule has 0 radical (unpaired) electrons. The molecule has 142 valence electrons. The Labute approximate surface area is 154 Å². The normalized spacial score (nSPS) is 12.0. The molecule has 0 fully saturated rings. The van der Waals surface area contributed by atoms with Crippen molar-refractivity contribution in [3.05, 3.63) is 59.2 Å². The van der Waals surface area contributed by atoms with Gasteiger partial charge in [-0.15, -0.1) is 0 Å². The molecule has 8 heteroatoms. The lowest BCUT2D eigenvalue weighted by atomic mass is 10.2. The second-order valence-electron chi connectivity index (χ2n) is 6.07. The van der Waals surface area contributed by atoms with Crippen molar-refractivity contribution in [1.29, 1.82) is 0 Å². The lowest BCUT2D eigenvalue weighted by Crippen LogP contribution is -2.32. The molecule has 0 saturated carbocycles. The van der Waals surface area contributed by atoms with E-state index >= 15 is 0 Å². The molecule has 1 heterocycles. The Kier molecular flexibility index (Phi) is 5.54. The minimum atomic E-state index is -0.946. The fourth-order valence-electron chi connectivity index (χ4n) is 2.64. The van der Waals surface area contributed by atoms with Gasteiger partial charge in [-0.05, 0) is 29.8 Å². The van der Waals surface area contributed by atoms with Gasteiger partial charge in [-0.25, -0.2) is 8.78 Å². The minimum Gasteiger partial charge on any atom is -0.454 e. The summed E-state index contributed by atoms with van der Waals surface area (Å²) in [7, 11) is 1.65. The van der Waals surface area contributed by atoms with Crippen LogP contribution in [0.3, 0.4) is 0 Å². The van der Waals surface area contributed by atoms with Gasteiger partial charge >= 0.3 is 0 Å². The first kappa shape index (κ1) is 18.6. The smallest absolute Gasteiger partial charge is 0.254 e. The Morgan fingerprint density at radius 3 is 2.67 bits per heavy atom. The van der Waals surface area contributed by atoms with E-state index in [9.17, 15) is 18.4 Å². The number of nitrogens with zero attached hydrogens (tertiary/aromatic N) is 1. The van der Waals surface area contributed by atoms with E-state index in [1.807, 2.05) is 12.1 Å². The van der Waals surface area contributed by atoms with Crippen molar-refractivity contribution in [2.24, 2.45) is 0 Å². The van der Waals surface area contributed by atoms with Crippen LogP contribution in [0.4, 0.5) is 8.78 Å². The molecule has 1 aliphatic heterocycles. The standard InChI is InChI=1S/C19H18F2N2O4/c1-23(10-12-2-5-16-17(8-12)27-11-26-16)18(24)6-7-22-19(25)14-4-3-13(20)9-15(14)21/h2-5,8-9H,6-7,10-11H2,1H3,(H,22,25). The fraction of sp³-hybridized carbons (Fsp3) is 0.263. The molecular formula is C19H18F2N2O4. The predicted molar refractivity (Wildman–Crippen MR) is 92.3 cm³/mol. The maximum Gasteiger partial charge on any atom is 0.254 e. The van der Waals surface area contributed by atoms with Crippen LogP contribution in [0.25, 0.3) is 0 Å². The summed E-state index contributed by atoms with van der Waals surface area (Å²) in [6.07, 6.45) is 0.0512. The highest BCUT2D eigenvalue weighted by molar-refractivity contribution is 5.94. The van der Waals surface area contributed by atoms with Crippen LogP contribution in [0.1, 0.15) is 22.3 Å². The first-order chi connectivity index (χ1) is 12.9. The number of amides is 2. The van der Waals surface area contributed by atoms with E-state index in [4.69, 9.17) is 9.47 Å². The zero-order chi connectivity index (χ0) is 19.4. The zero-order valence-electron chi connectivity index (χ0n) is 14.6. The number of benzene rings is 2. The number of carbonyl (C=O) groups is 2. The summed E-state index contributed by atoms with van der Waals surface area (Å²) in [5.74, 6) is -1.28. The molecular weight excluding hydrogens is 358 g/mol. The molecule has 2 aromatic rings. The molecule has 27 heavy (non-hydrogen) atoms. The number of halogens is 2. The zero-order valence-corrected chi connectivity index (χ0v) is 14.6. The van der Waals surface area contributed by atoms with Crippen molar-refractivity contribution < 1.29 is 27.8 Å². The van der Waals surface area contributed by atoms with Gasteiger partial charge in [0.2, 0.25) is 12.7 Å². The molecule has 0 aliphatic carbocycles. The molecule has 0 aromatic heterocycles. The lowest BCUT2D eigenvalue weighted by molar-refractivity contribution is -0.130. The number of hydrogen-bond acceptors (Lipinski definition) is 4. The maximum atomic E-state index is 13.6. The first-order valence-corrected chi connectivity index (χ1v) is 8.30. The molecule has 0 atom stereocenters. The molecule has 6 nitrogen and oxygen atoms in total. The van der Waals surface area contributed by atoms with Crippen LogP contribution in [0.2, 0.25) is 0 Å². The number of nitrogens with one attached hydrogen (secondary N) is 1. The molecule has 2 amide bonds. The van der Waals surface area contributed by atoms with Gasteiger partial charge in [0.15, 0.2) is 11.5 Å². The molecule has 3 rings (SSSR count). The average molecular weight is 376 g/mol. The van der Waals surface area contributed by atoms with Crippen LogP contribution in [-0.4, -0.2) is 37.1 Å². The van der Waals surface area contributed by atoms with Crippen molar-refractivity contribution in [2.45, 2.75) is 13.0 Å². The highest BCUT2D eigenvalue weighted by Crippen LogP contribution is 2.32. The van der Waals surface area contributed by atoms with Gasteiger partial charge in [0, 0.05) is 32.6 Å². The van der Waals surface area contributed by atoms with E-state index in [0.717, 1.165) is 17.7 Å². The largest absolute Gasteiger partial charge is 0.454 e. The molecule has 0 unspecified atom stereocenters. The predicted octanol–water partition coefficient (Wildman–Crippen LogP) is 2.47. The summed E-state index contributed by atoms with van der Waals surface area (Å²) < 4.78 is 37.0. The Morgan fingerprint density at radius 1 is 1.11 bits per heavy atom. The van der Waals surface area contributed by atoms with Crippen molar-refractivity contribution in [1.82, 2.24) is 10.2 Å². The van der Waals surface area contributed by atoms with Crippen LogP contribution >= 0.6 is 0 Å². The molecule has 0 bridgehead atoms. The van der Waals surface area contributed by atoms with E-state index < -0.39 is 17.5 Å². The van der Waals surface area contributed by atoms with Gasteiger partial charge in [-0.3, -0.25) is 9.59 Å². The van der Waals surface area contributed by atoms with Crippen LogP contribution < -0.4 is 14.8 Å². The second-order valence-corrected chi connectivity index (χ2v) is 6.07. The topological polar surface area (TPSA) is 67.9 Å². The molecule has 1 aliphatic rings. The summed E-state index contributed by atoms with van der Waals surface area (Å²) in [5, 5.41) is 2.46. The van der Waals surface area contributed by atoms with Gasteiger partial charge in [0.25, 0.3) is 5.91 Å². The number of hydrogen-bond donors (Lipinski definition) is 1. The van der Waals surface area contributed by atoms with Crippen LogP contribution in [0.15, 0.2) is 36.4 Å². The highest BCUT2D eigenvalue weighted by Gasteiger charge is 2.16. The van der Waals surface area contributed by atoms with Crippen LogP contribution in [0.5, 0.6) is 11.5 Å². The summed E-state index contributed by atoms with van der Waals surface area (Å²) in [4.78, 5) is 25.6. The highest BCUT2D eigenvalue weighted by atomic mass is 19.1. The third-order valence-electron chi connectivity index (χ3n) is 4.08. The maximum absolute atomic E-state index is 13.6. The van der Waals surface area contributed by atoms with E-state index in [0.29, 0.717) is 24.1 Å². The summed E-state index contributed by atoms with van der Waals surface area (Å²) in [5.41, 5.74) is 0.616. The second kappa shape index (κ2) is 8.03. The van der Waals surface area contributed by atoms with Gasteiger partial charge in [0.05, 0.1) is 5.56 Å². The van der Waals surface area contributed by atoms with Crippen molar-refractivity contribution in [3.8, 4) is 11.5 Å².